The number of nitrogens with two attached hydrogens (primary N) is 1. The maximum Gasteiger partial charge on any atom is 0.294 e. The van der Waals surface area contributed by atoms with Gasteiger partial charge < -0.3 is 16.4 Å². The Morgan fingerprint density at radius 2 is 2.00 bits per heavy atom. The summed E-state index contributed by atoms with van der Waals surface area (Å²) in [5, 5.41) is 6.48. The molecule has 8 nitrogen and oxygen atoms in total. The number of rotatable bonds is 7. The lowest BCUT2D eigenvalue weighted by Crippen LogP contribution is -2.44. The van der Waals surface area contributed by atoms with Gasteiger partial charge in [0.15, 0.2) is 5.82 Å². The molecule has 3 aromatic rings. The van der Waals surface area contributed by atoms with Gasteiger partial charge in [-0.25, -0.2) is 9.97 Å². The quantitative estimate of drug-likeness (QED) is 0.458. The minimum absolute atomic E-state index is 0.121. The van der Waals surface area contributed by atoms with E-state index >= 15 is 0 Å². The maximum absolute atomic E-state index is 13.8. The average Bonchev–Trinajstić information content (AvgIpc) is 3.35. The zero-order chi connectivity index (χ0) is 26.0. The molecule has 1 aliphatic heterocycles. The van der Waals surface area contributed by atoms with E-state index in [4.69, 9.17) is 5.73 Å². The molecule has 2 aromatic heterocycles. The highest BCUT2D eigenvalue weighted by Gasteiger charge is 2.39. The Balaban J connectivity index is 1.44. The second-order valence-electron chi connectivity index (χ2n) is 9.65. The number of aryl methyl sites for hydroxylation is 2. The first-order valence-corrected chi connectivity index (χ1v) is 12.7. The smallest absolute Gasteiger partial charge is 0.294 e. The number of hydrogen-bond donors (Lipinski definition) is 3. The Labute approximate surface area is 216 Å². The van der Waals surface area contributed by atoms with Crippen molar-refractivity contribution in [2.45, 2.75) is 51.2 Å². The number of nitrogens with zero attached hydrogens (tertiary/aromatic N) is 3. The van der Waals surface area contributed by atoms with Crippen LogP contribution in [-0.2, 0) is 23.3 Å². The number of carbonyl (C=O) groups is 1. The van der Waals surface area contributed by atoms with E-state index in [1.807, 2.05) is 43.3 Å². The SMILES string of the molecule is CCC1C=CC=C[C@@]1(Nc1ncc2n(c1=O)[C@H](C(=O)NCc1ccc(N)nc1C)CC2)c1ccccc1. The topological polar surface area (TPSA) is 115 Å². The zero-order valence-electron chi connectivity index (χ0n) is 21.1. The van der Waals surface area contributed by atoms with Gasteiger partial charge in [0.1, 0.15) is 11.9 Å². The molecular weight excluding hydrogens is 464 g/mol. The number of benzene rings is 1. The second kappa shape index (κ2) is 10.0. The summed E-state index contributed by atoms with van der Waals surface area (Å²) in [5.74, 6) is 0.608. The number of nitrogen functional groups attached to an aromatic ring is 1. The summed E-state index contributed by atoms with van der Waals surface area (Å²) in [7, 11) is 0. The molecule has 1 unspecified atom stereocenters. The monoisotopic (exact) mass is 496 g/mol. The van der Waals surface area contributed by atoms with Crippen LogP contribution in [0.2, 0.25) is 0 Å². The number of anilines is 2. The molecule has 1 aliphatic carbocycles. The number of allylic oxidation sites excluding steroid dienone is 2. The van der Waals surface area contributed by atoms with Crippen LogP contribution in [0.4, 0.5) is 11.6 Å². The molecule has 0 bridgehead atoms. The predicted molar refractivity (Wildman–Crippen MR) is 145 cm³/mol. The number of nitrogens with one attached hydrogen (secondary N) is 2. The molecule has 0 saturated heterocycles. The summed E-state index contributed by atoms with van der Waals surface area (Å²) in [6, 6.07) is 13.1. The van der Waals surface area contributed by atoms with Crippen LogP contribution in [0, 0.1) is 12.8 Å². The molecule has 5 rings (SSSR count). The van der Waals surface area contributed by atoms with Gasteiger partial charge in [0, 0.05) is 30.0 Å². The molecule has 0 spiro atoms. The van der Waals surface area contributed by atoms with Crippen LogP contribution >= 0.6 is 0 Å². The first-order valence-electron chi connectivity index (χ1n) is 12.7. The van der Waals surface area contributed by atoms with Crippen molar-refractivity contribution in [3.8, 4) is 0 Å². The Morgan fingerprint density at radius 3 is 2.76 bits per heavy atom. The third kappa shape index (κ3) is 4.55. The van der Waals surface area contributed by atoms with Crippen molar-refractivity contribution >= 4 is 17.5 Å². The van der Waals surface area contributed by atoms with E-state index in [-0.39, 0.29) is 23.2 Å². The molecule has 2 aliphatic rings. The van der Waals surface area contributed by atoms with Crippen molar-refractivity contribution in [2.75, 3.05) is 11.1 Å². The lowest BCUT2D eigenvalue weighted by atomic mass is 9.74. The van der Waals surface area contributed by atoms with Gasteiger partial charge in [0.25, 0.3) is 5.56 Å². The number of aromatic nitrogens is 3. The van der Waals surface area contributed by atoms with Crippen molar-refractivity contribution < 1.29 is 4.79 Å². The van der Waals surface area contributed by atoms with E-state index in [0.29, 0.717) is 25.2 Å². The fourth-order valence-corrected chi connectivity index (χ4v) is 5.44. The third-order valence-electron chi connectivity index (χ3n) is 7.45. The Hall–Kier alpha value is -4.20. The van der Waals surface area contributed by atoms with Crippen LogP contribution in [0.25, 0.3) is 0 Å². The number of pyridine rings is 1. The van der Waals surface area contributed by atoms with Gasteiger partial charge in [-0.05, 0) is 43.4 Å². The first kappa shape index (κ1) is 24.5. The molecule has 3 heterocycles. The molecule has 190 valence electrons. The van der Waals surface area contributed by atoms with Gasteiger partial charge in [-0.3, -0.25) is 14.2 Å². The highest BCUT2D eigenvalue weighted by molar-refractivity contribution is 5.81. The lowest BCUT2D eigenvalue weighted by Gasteiger charge is -2.40. The standard InChI is InChI=1S/C29H32N6O2/c1-3-21-9-7-8-16-29(21,22-10-5-4-6-11-22)34-26-28(37)35-23(18-31-26)13-14-24(35)27(36)32-17-20-12-15-25(30)33-19(20)2/h4-12,15-16,18,21,24H,3,13-14,17H2,1-2H3,(H2,30,33)(H,31,34)(H,32,36)/t21?,24-,29-/m0/s1. The number of amides is 1. The minimum Gasteiger partial charge on any atom is -0.384 e. The lowest BCUT2D eigenvalue weighted by molar-refractivity contribution is -0.124. The van der Waals surface area contributed by atoms with E-state index in [1.54, 1.807) is 16.8 Å². The number of hydrogen-bond acceptors (Lipinski definition) is 6. The van der Waals surface area contributed by atoms with Gasteiger partial charge in [-0.2, -0.15) is 0 Å². The Morgan fingerprint density at radius 1 is 1.19 bits per heavy atom. The molecule has 0 radical (unpaired) electrons. The van der Waals surface area contributed by atoms with E-state index in [1.165, 1.54) is 0 Å². The Kier molecular flexibility index (Phi) is 6.65. The summed E-state index contributed by atoms with van der Waals surface area (Å²) in [6.45, 7) is 4.31. The van der Waals surface area contributed by atoms with Crippen LogP contribution in [0.3, 0.4) is 0 Å². The van der Waals surface area contributed by atoms with E-state index in [0.717, 1.165) is 28.9 Å². The Bertz CT molecular complexity index is 1430. The largest absolute Gasteiger partial charge is 0.384 e. The molecule has 1 amide bonds. The molecule has 4 N–H and O–H groups in total. The minimum atomic E-state index is -0.623. The molecule has 0 fully saturated rings. The summed E-state index contributed by atoms with van der Waals surface area (Å²) in [4.78, 5) is 35.8. The number of fused-ring (bicyclic) bond motifs is 1. The summed E-state index contributed by atoms with van der Waals surface area (Å²) < 4.78 is 1.60. The van der Waals surface area contributed by atoms with Crippen LogP contribution < -0.4 is 21.9 Å². The highest BCUT2D eigenvalue weighted by Crippen LogP contribution is 2.39. The highest BCUT2D eigenvalue weighted by atomic mass is 16.2. The van der Waals surface area contributed by atoms with Gasteiger partial charge in [-0.15, -0.1) is 0 Å². The molecule has 3 atom stereocenters. The van der Waals surface area contributed by atoms with Gasteiger partial charge >= 0.3 is 0 Å². The van der Waals surface area contributed by atoms with Crippen LogP contribution in [0.15, 0.2) is 77.8 Å². The van der Waals surface area contributed by atoms with Gasteiger partial charge in [0.05, 0.1) is 5.54 Å². The molecule has 0 saturated carbocycles. The van der Waals surface area contributed by atoms with E-state index < -0.39 is 11.6 Å². The fraction of sp³-hybridized carbons (Fsp3) is 0.310. The van der Waals surface area contributed by atoms with Crippen molar-refractivity contribution in [3.05, 3.63) is 106 Å². The van der Waals surface area contributed by atoms with Crippen molar-refractivity contribution in [2.24, 2.45) is 5.92 Å². The van der Waals surface area contributed by atoms with Crippen molar-refractivity contribution in [3.63, 3.8) is 0 Å². The van der Waals surface area contributed by atoms with Crippen LogP contribution in [-0.4, -0.2) is 20.4 Å². The van der Waals surface area contributed by atoms with E-state index in [9.17, 15) is 9.59 Å². The summed E-state index contributed by atoms with van der Waals surface area (Å²) in [5.41, 5.74) is 8.31. The predicted octanol–water partition coefficient (Wildman–Crippen LogP) is 3.79. The first-order chi connectivity index (χ1) is 17.9. The zero-order valence-corrected chi connectivity index (χ0v) is 21.1. The third-order valence-corrected chi connectivity index (χ3v) is 7.45. The molecule has 37 heavy (non-hydrogen) atoms. The van der Waals surface area contributed by atoms with Gasteiger partial charge in [-0.1, -0.05) is 67.6 Å². The maximum atomic E-state index is 13.8. The number of carbonyl (C=O) groups excluding carboxylic acids is 1. The van der Waals surface area contributed by atoms with Crippen molar-refractivity contribution in [1.82, 2.24) is 19.9 Å². The molecular formula is C29H32N6O2. The van der Waals surface area contributed by atoms with E-state index in [2.05, 4.69) is 51.8 Å². The van der Waals surface area contributed by atoms with Crippen LogP contribution in [0.5, 0.6) is 0 Å². The molecule has 8 heteroatoms. The fourth-order valence-electron chi connectivity index (χ4n) is 5.44. The molecule has 1 aromatic carbocycles. The summed E-state index contributed by atoms with van der Waals surface area (Å²) in [6.07, 6.45) is 12.1. The van der Waals surface area contributed by atoms with Crippen LogP contribution in [0.1, 0.15) is 48.3 Å². The van der Waals surface area contributed by atoms with Crippen molar-refractivity contribution in [1.29, 1.82) is 0 Å². The normalized spacial score (nSPS) is 22.0. The summed E-state index contributed by atoms with van der Waals surface area (Å²) >= 11 is 0. The average molecular weight is 497 g/mol. The second-order valence-corrected chi connectivity index (χ2v) is 9.65. The van der Waals surface area contributed by atoms with Gasteiger partial charge in [0.2, 0.25) is 5.91 Å².